The van der Waals surface area contributed by atoms with Gasteiger partial charge in [-0.3, -0.25) is 0 Å². The lowest BCUT2D eigenvalue weighted by molar-refractivity contribution is -0.139. The maximum absolute atomic E-state index is 11.9. The second-order valence-electron chi connectivity index (χ2n) is 5.79. The third-order valence-corrected chi connectivity index (χ3v) is 3.76. The van der Waals surface area contributed by atoms with Crippen LogP contribution in [0.25, 0.3) is 10.8 Å². The number of amides is 1. The predicted molar refractivity (Wildman–Crippen MR) is 107 cm³/mol. The van der Waals surface area contributed by atoms with Gasteiger partial charge < -0.3 is 29.0 Å². The lowest BCUT2D eigenvalue weighted by Crippen LogP contribution is -2.30. The number of benzene rings is 2. The lowest BCUT2D eigenvalue weighted by Gasteiger charge is -2.09. The van der Waals surface area contributed by atoms with E-state index in [-0.39, 0.29) is 13.2 Å². The molecule has 2 aromatic carbocycles. The second-order valence-corrected chi connectivity index (χ2v) is 5.79. The number of esters is 1. The van der Waals surface area contributed by atoms with Crippen LogP contribution in [-0.4, -0.2) is 58.8 Å². The Kier molecular flexibility index (Phi) is 9.47. The van der Waals surface area contributed by atoms with Crippen molar-refractivity contribution in [3.63, 3.8) is 0 Å². The fraction of sp³-hybridized carbons (Fsp3) is 0.333. The van der Waals surface area contributed by atoms with Gasteiger partial charge in [-0.2, -0.15) is 0 Å². The molecule has 0 unspecified atom stereocenters. The number of rotatable bonds is 12. The molecule has 0 atom stereocenters. The van der Waals surface area contributed by atoms with Crippen LogP contribution in [-0.2, 0) is 19.0 Å². The molecule has 29 heavy (non-hydrogen) atoms. The fourth-order valence-corrected chi connectivity index (χ4v) is 2.34. The van der Waals surface area contributed by atoms with Crippen molar-refractivity contribution in [1.29, 1.82) is 0 Å². The van der Waals surface area contributed by atoms with Crippen molar-refractivity contribution < 1.29 is 33.3 Å². The standard InChI is InChI=1S/C21H25NO7/c1-3-20(23)28-13-12-27-11-10-26-9-8-22-21(24)29-19-7-5-16-14-18(25-2)6-4-17(16)15-19/h3-7,14-15H,1,8-13H2,2H3,(H,22,24). The summed E-state index contributed by atoms with van der Waals surface area (Å²) in [6.07, 6.45) is 0.542. The van der Waals surface area contributed by atoms with E-state index >= 15 is 0 Å². The van der Waals surface area contributed by atoms with Crippen LogP contribution in [0.1, 0.15) is 0 Å². The van der Waals surface area contributed by atoms with Crippen LogP contribution in [0.2, 0.25) is 0 Å². The molecule has 0 fully saturated rings. The van der Waals surface area contributed by atoms with Crippen LogP contribution in [0.3, 0.4) is 0 Å². The second kappa shape index (κ2) is 12.4. The van der Waals surface area contributed by atoms with Crippen LogP contribution in [0.4, 0.5) is 4.79 Å². The fourth-order valence-electron chi connectivity index (χ4n) is 2.34. The summed E-state index contributed by atoms with van der Waals surface area (Å²) >= 11 is 0. The Bertz CT molecular complexity index is 822. The summed E-state index contributed by atoms with van der Waals surface area (Å²) in [5.74, 6) is 0.740. The number of carbonyl (C=O) groups excluding carboxylic acids is 2. The first-order valence-corrected chi connectivity index (χ1v) is 9.10. The summed E-state index contributed by atoms with van der Waals surface area (Å²) in [6.45, 7) is 5.09. The van der Waals surface area contributed by atoms with E-state index < -0.39 is 12.1 Å². The average molecular weight is 403 g/mol. The molecule has 0 saturated carbocycles. The molecule has 0 saturated heterocycles. The zero-order chi connectivity index (χ0) is 20.9. The summed E-state index contributed by atoms with van der Waals surface area (Å²) in [4.78, 5) is 22.7. The van der Waals surface area contributed by atoms with E-state index in [1.165, 1.54) is 0 Å². The Balaban J connectivity index is 1.56. The molecule has 8 nitrogen and oxygen atoms in total. The Morgan fingerprint density at radius 3 is 2.24 bits per heavy atom. The summed E-state index contributed by atoms with van der Waals surface area (Å²) in [6, 6.07) is 11.0. The van der Waals surface area contributed by atoms with E-state index in [0.29, 0.717) is 32.1 Å². The number of carbonyl (C=O) groups is 2. The van der Waals surface area contributed by atoms with Gasteiger partial charge in [0.2, 0.25) is 0 Å². The lowest BCUT2D eigenvalue weighted by atomic mass is 10.1. The zero-order valence-electron chi connectivity index (χ0n) is 16.3. The number of fused-ring (bicyclic) bond motifs is 1. The van der Waals surface area contributed by atoms with Gasteiger partial charge in [-0.15, -0.1) is 0 Å². The van der Waals surface area contributed by atoms with Gasteiger partial charge in [-0.25, -0.2) is 9.59 Å². The average Bonchev–Trinajstić information content (AvgIpc) is 2.74. The van der Waals surface area contributed by atoms with E-state index in [9.17, 15) is 9.59 Å². The van der Waals surface area contributed by atoms with E-state index in [0.717, 1.165) is 22.6 Å². The van der Waals surface area contributed by atoms with Crippen molar-refractivity contribution >= 4 is 22.8 Å². The molecular weight excluding hydrogens is 378 g/mol. The molecule has 2 rings (SSSR count). The minimum Gasteiger partial charge on any atom is -0.497 e. The first kappa shape index (κ1) is 22.2. The molecule has 0 aromatic heterocycles. The van der Waals surface area contributed by atoms with E-state index in [2.05, 4.69) is 11.9 Å². The van der Waals surface area contributed by atoms with Gasteiger partial charge in [-0.05, 0) is 35.0 Å². The molecule has 156 valence electrons. The Morgan fingerprint density at radius 1 is 0.931 bits per heavy atom. The van der Waals surface area contributed by atoms with Crippen LogP contribution in [0.5, 0.6) is 11.5 Å². The van der Waals surface area contributed by atoms with Crippen molar-refractivity contribution in [3.05, 3.63) is 49.1 Å². The van der Waals surface area contributed by atoms with Crippen molar-refractivity contribution in [2.24, 2.45) is 0 Å². The molecule has 0 aliphatic heterocycles. The summed E-state index contributed by atoms with van der Waals surface area (Å²) in [7, 11) is 1.61. The highest BCUT2D eigenvalue weighted by Crippen LogP contribution is 2.24. The molecule has 0 aliphatic carbocycles. The highest BCUT2D eigenvalue weighted by Gasteiger charge is 2.05. The Hall–Kier alpha value is -3.10. The number of hydrogen-bond donors (Lipinski definition) is 1. The molecule has 0 bridgehead atoms. The maximum Gasteiger partial charge on any atom is 0.412 e. The van der Waals surface area contributed by atoms with Gasteiger partial charge in [0.05, 0.1) is 33.5 Å². The third kappa shape index (κ3) is 8.20. The normalized spacial score (nSPS) is 10.4. The third-order valence-electron chi connectivity index (χ3n) is 3.76. The summed E-state index contributed by atoms with van der Waals surface area (Å²) < 4.78 is 25.8. The minimum absolute atomic E-state index is 0.167. The molecule has 0 aliphatic rings. The molecule has 0 heterocycles. The predicted octanol–water partition coefficient (Wildman–Crippen LogP) is 2.70. The van der Waals surface area contributed by atoms with Gasteiger partial charge in [0.1, 0.15) is 18.1 Å². The van der Waals surface area contributed by atoms with Crippen LogP contribution in [0.15, 0.2) is 49.1 Å². The van der Waals surface area contributed by atoms with Crippen molar-refractivity contribution in [2.75, 3.05) is 46.7 Å². The molecule has 8 heteroatoms. The molecular formula is C21H25NO7. The molecule has 0 spiro atoms. The number of hydrogen-bond acceptors (Lipinski definition) is 7. The van der Waals surface area contributed by atoms with Crippen molar-refractivity contribution in [1.82, 2.24) is 5.32 Å². The minimum atomic E-state index is -0.554. The quantitative estimate of drug-likeness (QED) is 0.331. The van der Waals surface area contributed by atoms with Crippen molar-refractivity contribution in [2.45, 2.75) is 0 Å². The smallest absolute Gasteiger partial charge is 0.412 e. The molecule has 1 N–H and O–H groups in total. The van der Waals surface area contributed by atoms with E-state index in [1.807, 2.05) is 24.3 Å². The topological polar surface area (TPSA) is 92.3 Å². The van der Waals surface area contributed by atoms with Crippen LogP contribution < -0.4 is 14.8 Å². The van der Waals surface area contributed by atoms with Gasteiger partial charge in [0.25, 0.3) is 0 Å². The molecule has 1 amide bonds. The van der Waals surface area contributed by atoms with Gasteiger partial charge in [0, 0.05) is 12.6 Å². The maximum atomic E-state index is 11.9. The van der Waals surface area contributed by atoms with E-state index in [4.69, 9.17) is 23.7 Å². The highest BCUT2D eigenvalue weighted by molar-refractivity contribution is 5.86. The summed E-state index contributed by atoms with van der Waals surface area (Å²) in [5, 5.41) is 4.55. The van der Waals surface area contributed by atoms with Crippen molar-refractivity contribution in [3.8, 4) is 11.5 Å². The first-order valence-electron chi connectivity index (χ1n) is 9.10. The van der Waals surface area contributed by atoms with E-state index in [1.54, 1.807) is 19.2 Å². The monoisotopic (exact) mass is 403 g/mol. The van der Waals surface area contributed by atoms with Gasteiger partial charge in [-0.1, -0.05) is 18.7 Å². The first-order chi connectivity index (χ1) is 14.1. The Labute approximate surface area is 169 Å². The summed E-state index contributed by atoms with van der Waals surface area (Å²) in [5.41, 5.74) is 0. The van der Waals surface area contributed by atoms with Gasteiger partial charge >= 0.3 is 12.1 Å². The Morgan fingerprint density at radius 2 is 1.55 bits per heavy atom. The SMILES string of the molecule is C=CC(=O)OCCOCCOCCNC(=O)Oc1ccc2cc(OC)ccc2c1. The van der Waals surface area contributed by atoms with Crippen LogP contribution in [0, 0.1) is 0 Å². The number of ether oxygens (including phenoxy) is 5. The number of nitrogens with one attached hydrogen (secondary N) is 1. The molecule has 0 radical (unpaired) electrons. The van der Waals surface area contributed by atoms with Crippen LogP contribution >= 0.6 is 0 Å². The largest absolute Gasteiger partial charge is 0.497 e. The zero-order valence-corrected chi connectivity index (χ0v) is 16.3. The molecule has 2 aromatic rings. The highest BCUT2D eigenvalue weighted by atomic mass is 16.6. The van der Waals surface area contributed by atoms with Gasteiger partial charge in [0.15, 0.2) is 0 Å². The number of methoxy groups -OCH3 is 1.